The Labute approximate surface area is 228 Å². The van der Waals surface area contributed by atoms with Crippen molar-refractivity contribution in [3.63, 3.8) is 0 Å². The minimum absolute atomic E-state index is 0.161. The molecule has 24 heteroatoms. The van der Waals surface area contributed by atoms with Crippen LogP contribution in [0.3, 0.4) is 0 Å². The number of carbonyl (C=O) groups is 1. The number of Topliss-reactive ketones (excluding diaryl/α,β-unsaturated/α-hetero) is 1. The van der Waals surface area contributed by atoms with E-state index in [1.165, 1.54) is 0 Å². The fraction of sp³-hybridized carbons (Fsp3) is 0.944. The van der Waals surface area contributed by atoms with Gasteiger partial charge in [0, 0.05) is 5.41 Å². The van der Waals surface area contributed by atoms with Gasteiger partial charge in [-0.2, -0.15) is 74.6 Å². The Bertz CT molecular complexity index is 1060. The molecule has 0 N–H and O–H groups in total. The van der Waals surface area contributed by atoms with Crippen LogP contribution >= 0.6 is 0 Å². The second kappa shape index (κ2) is 11.9. The van der Waals surface area contributed by atoms with Crippen molar-refractivity contribution in [3.05, 3.63) is 0 Å². The lowest BCUT2D eigenvalue weighted by Gasteiger charge is -2.42. The van der Waals surface area contributed by atoms with E-state index >= 15 is 0 Å². The molecule has 1 saturated heterocycles. The molecule has 0 aromatic rings. The standard InChI is InChI=1S/C10H19O2S.C8HF17O3S/c1-10(2,3)9(11)8-13-6-4-12-5-7-13;9-1(10,3(13,14)5(17,18)7(21,22)23)2(11,12)4(15,16)6(19,20)8(24,25)29(26,27)28/h4-8H2,1-3H3;(H,26,27,28)/q+1;/p-1. The first-order chi connectivity index (χ1) is 18.0. The molecule has 0 aliphatic carbocycles. The number of alkyl halides is 17. The second-order valence-electron chi connectivity index (χ2n) is 9.37. The molecule has 0 radical (unpaired) electrons. The number of ether oxygens (including phenoxy) is 1. The average molecular weight is 702 g/mol. The second-order valence-corrected chi connectivity index (χ2v) is 13.1. The Balaban J connectivity index is 0.00000107. The average Bonchev–Trinajstić information content (AvgIpc) is 2.77. The molecule has 1 rings (SSSR count). The van der Waals surface area contributed by atoms with Crippen molar-refractivity contribution in [3.8, 4) is 0 Å². The molecule has 1 fully saturated rings. The van der Waals surface area contributed by atoms with Crippen molar-refractivity contribution in [2.75, 3.05) is 30.5 Å². The zero-order chi connectivity index (χ0) is 34.4. The third-order valence-corrected chi connectivity index (χ3v) is 8.25. The summed E-state index contributed by atoms with van der Waals surface area (Å²) >= 11 is 0. The molecule has 5 nitrogen and oxygen atoms in total. The van der Waals surface area contributed by atoms with Gasteiger partial charge in [-0.1, -0.05) is 20.8 Å². The molecule has 0 amide bonds. The minimum Gasteiger partial charge on any atom is -0.743 e. The molecule has 0 aromatic heterocycles. The molecule has 42 heavy (non-hydrogen) atoms. The zero-order valence-electron chi connectivity index (χ0n) is 20.8. The van der Waals surface area contributed by atoms with Gasteiger partial charge in [-0.15, -0.1) is 0 Å². The summed E-state index contributed by atoms with van der Waals surface area (Å²) in [5, 5.41) is -7.95. The lowest BCUT2D eigenvalue weighted by molar-refractivity contribution is -0.458. The molecule has 0 atom stereocenters. The quantitative estimate of drug-likeness (QED) is 0.174. The molecule has 1 aliphatic heterocycles. The number of hydrogen-bond acceptors (Lipinski definition) is 5. The van der Waals surface area contributed by atoms with Gasteiger partial charge in [0.2, 0.25) is 0 Å². The Morgan fingerprint density at radius 2 is 0.952 bits per heavy atom. The summed E-state index contributed by atoms with van der Waals surface area (Å²) in [4.78, 5) is 11.7. The van der Waals surface area contributed by atoms with E-state index in [2.05, 4.69) is 0 Å². The topological polar surface area (TPSA) is 83.5 Å². The first-order valence-electron chi connectivity index (χ1n) is 10.4. The van der Waals surface area contributed by atoms with Crippen molar-refractivity contribution in [1.82, 2.24) is 0 Å². The van der Waals surface area contributed by atoms with E-state index in [0.717, 1.165) is 30.5 Å². The fourth-order valence-corrected chi connectivity index (χ4v) is 4.86. The van der Waals surface area contributed by atoms with Gasteiger partial charge in [-0.3, -0.25) is 4.79 Å². The first-order valence-corrected chi connectivity index (χ1v) is 13.6. The lowest BCUT2D eigenvalue weighted by atomic mass is 9.91. The third kappa shape index (κ3) is 6.99. The smallest absolute Gasteiger partial charge is 0.460 e. The van der Waals surface area contributed by atoms with Crippen LogP contribution in [0.15, 0.2) is 0 Å². The summed E-state index contributed by atoms with van der Waals surface area (Å²) in [6, 6.07) is 0. The molecular formula is C18H19F17O5S2. The lowest BCUT2D eigenvalue weighted by Crippen LogP contribution is -2.75. The van der Waals surface area contributed by atoms with Crippen molar-refractivity contribution in [2.24, 2.45) is 5.41 Å². The van der Waals surface area contributed by atoms with E-state index in [-0.39, 0.29) is 5.41 Å². The van der Waals surface area contributed by atoms with Crippen LogP contribution in [0, 0.1) is 5.41 Å². The summed E-state index contributed by atoms with van der Waals surface area (Å²) in [7, 11) is -7.84. The Morgan fingerprint density at radius 1 is 0.643 bits per heavy atom. The van der Waals surface area contributed by atoms with Gasteiger partial charge in [-0.05, 0) is 10.9 Å². The molecule has 0 saturated carbocycles. The van der Waals surface area contributed by atoms with E-state index in [1.54, 1.807) is 0 Å². The van der Waals surface area contributed by atoms with E-state index in [1.807, 2.05) is 20.8 Å². The number of halogens is 17. The van der Waals surface area contributed by atoms with Gasteiger partial charge in [0.05, 0.1) is 13.2 Å². The van der Waals surface area contributed by atoms with Gasteiger partial charge in [0.25, 0.3) is 0 Å². The number of ketones is 1. The molecule has 1 aliphatic rings. The normalized spacial score (nSPS) is 17.9. The number of rotatable bonds is 9. The molecular weight excluding hydrogens is 683 g/mol. The monoisotopic (exact) mass is 702 g/mol. The van der Waals surface area contributed by atoms with Crippen LogP contribution in [0.2, 0.25) is 0 Å². The summed E-state index contributed by atoms with van der Waals surface area (Å²) in [6.07, 6.45) is -7.89. The largest absolute Gasteiger partial charge is 0.743 e. The fourth-order valence-electron chi connectivity index (χ4n) is 2.41. The van der Waals surface area contributed by atoms with E-state index < -0.39 is 57.1 Å². The van der Waals surface area contributed by atoms with Gasteiger partial charge in [0.1, 0.15) is 11.5 Å². The maximum absolute atomic E-state index is 13.0. The predicted molar refractivity (Wildman–Crippen MR) is 108 cm³/mol. The summed E-state index contributed by atoms with van der Waals surface area (Å²) in [5.74, 6) is -48.8. The van der Waals surface area contributed by atoms with Crippen LogP contribution in [0.5, 0.6) is 0 Å². The van der Waals surface area contributed by atoms with E-state index in [4.69, 9.17) is 4.74 Å². The van der Waals surface area contributed by atoms with E-state index in [9.17, 15) is 92.4 Å². The predicted octanol–water partition coefficient (Wildman–Crippen LogP) is 5.75. The van der Waals surface area contributed by atoms with Crippen molar-refractivity contribution >= 4 is 26.8 Å². The van der Waals surface area contributed by atoms with E-state index in [0.29, 0.717) is 16.7 Å². The van der Waals surface area contributed by atoms with Crippen molar-refractivity contribution in [2.45, 2.75) is 67.7 Å². The highest BCUT2D eigenvalue weighted by Crippen LogP contribution is 2.64. The van der Waals surface area contributed by atoms with Gasteiger partial charge in [-0.25, -0.2) is 8.42 Å². The molecule has 0 spiro atoms. The molecule has 252 valence electrons. The SMILES string of the molecule is CC(C)(C)C(=O)C[S+]1CCOCC1.O=S(=O)([O-])C(F)(F)C(F)(F)C(F)(F)C(F)(F)C(F)(F)C(F)(F)C(F)(F)C(F)(F)F. The van der Waals surface area contributed by atoms with Crippen LogP contribution in [-0.2, 0) is 30.5 Å². The number of hydrogen-bond donors (Lipinski definition) is 0. The highest BCUT2D eigenvalue weighted by molar-refractivity contribution is 7.97. The van der Waals surface area contributed by atoms with Crippen LogP contribution < -0.4 is 0 Å². The molecule has 1 heterocycles. The van der Waals surface area contributed by atoms with Crippen molar-refractivity contribution < 1.29 is 97.1 Å². The maximum atomic E-state index is 13.0. The molecule has 0 unspecified atom stereocenters. The van der Waals surface area contributed by atoms with Gasteiger partial charge < -0.3 is 9.29 Å². The summed E-state index contributed by atoms with van der Waals surface area (Å²) in [5.41, 5.74) is -0.161. The number of carbonyl (C=O) groups excluding carboxylic acids is 1. The van der Waals surface area contributed by atoms with Crippen LogP contribution in [-0.4, -0.2) is 96.2 Å². The molecule has 0 aromatic carbocycles. The van der Waals surface area contributed by atoms with Gasteiger partial charge >= 0.3 is 47.0 Å². The Hall–Kier alpha value is -1.30. The first kappa shape index (κ1) is 40.7. The third-order valence-electron chi connectivity index (χ3n) is 5.21. The van der Waals surface area contributed by atoms with Crippen molar-refractivity contribution in [1.29, 1.82) is 0 Å². The van der Waals surface area contributed by atoms with Crippen LogP contribution in [0.25, 0.3) is 0 Å². The highest BCUT2D eigenvalue weighted by atomic mass is 32.2. The Morgan fingerprint density at radius 3 is 1.24 bits per heavy atom. The zero-order valence-corrected chi connectivity index (χ0v) is 22.5. The summed E-state index contributed by atoms with van der Waals surface area (Å²) < 4.78 is 249. The molecule has 0 bridgehead atoms. The van der Waals surface area contributed by atoms with Gasteiger partial charge in [0.15, 0.2) is 21.7 Å². The Kier molecular flexibility index (Phi) is 11.5. The maximum Gasteiger partial charge on any atom is 0.460 e. The van der Waals surface area contributed by atoms with Crippen LogP contribution in [0.1, 0.15) is 20.8 Å². The van der Waals surface area contributed by atoms with Crippen LogP contribution in [0.4, 0.5) is 74.6 Å². The highest BCUT2D eigenvalue weighted by Gasteiger charge is 2.95. The minimum atomic E-state index is -8.92. The summed E-state index contributed by atoms with van der Waals surface area (Å²) in [6.45, 7) is 7.69.